The van der Waals surface area contributed by atoms with Crippen molar-refractivity contribution in [1.29, 1.82) is 0 Å². The third-order valence-corrected chi connectivity index (χ3v) is 3.34. The van der Waals surface area contributed by atoms with Crippen LogP contribution in [0.15, 0.2) is 24.3 Å². The van der Waals surface area contributed by atoms with Crippen LogP contribution in [0.3, 0.4) is 0 Å². The number of methoxy groups -OCH3 is 1. The molecule has 0 spiro atoms. The average molecular weight is 369 g/mol. The topological polar surface area (TPSA) is 114 Å². The van der Waals surface area contributed by atoms with E-state index in [4.69, 9.17) is 14.2 Å². The summed E-state index contributed by atoms with van der Waals surface area (Å²) in [6.45, 7) is 6.71. The summed E-state index contributed by atoms with van der Waals surface area (Å²) >= 11 is 0. The van der Waals surface area contributed by atoms with Gasteiger partial charge in [0.15, 0.2) is 6.10 Å². The molecule has 1 amide bonds. The van der Waals surface area contributed by atoms with Gasteiger partial charge in [-0.05, 0) is 45.4 Å². The average Bonchev–Trinajstić information content (AvgIpc) is 2.57. The Hall–Kier alpha value is -2.32. The minimum absolute atomic E-state index is 0.0509. The molecule has 1 aromatic rings. The van der Waals surface area contributed by atoms with Gasteiger partial charge in [0, 0.05) is 0 Å². The minimum Gasteiger partial charge on any atom is -0.497 e. The van der Waals surface area contributed by atoms with Crippen LogP contribution in [-0.4, -0.2) is 53.8 Å². The van der Waals surface area contributed by atoms with Gasteiger partial charge in [0.05, 0.1) is 19.8 Å². The number of rotatable bonds is 7. The van der Waals surface area contributed by atoms with Crippen LogP contribution in [-0.2, 0) is 14.3 Å². The van der Waals surface area contributed by atoms with Gasteiger partial charge >= 0.3 is 12.1 Å². The fraction of sp³-hybridized carbons (Fsp3) is 0.556. The Bertz CT molecular complexity index is 595. The van der Waals surface area contributed by atoms with Crippen molar-refractivity contribution in [2.24, 2.45) is 0 Å². The van der Waals surface area contributed by atoms with Gasteiger partial charge in [-0.2, -0.15) is 0 Å². The molecular formula is C18H27NO7. The molecule has 0 aliphatic rings. The van der Waals surface area contributed by atoms with Gasteiger partial charge in [-0.1, -0.05) is 12.1 Å². The zero-order valence-corrected chi connectivity index (χ0v) is 15.7. The lowest BCUT2D eigenvalue weighted by Crippen LogP contribution is -2.47. The Morgan fingerprint density at radius 3 is 2.19 bits per heavy atom. The number of hydrogen-bond acceptors (Lipinski definition) is 7. The number of esters is 1. The molecule has 0 saturated heterocycles. The number of amides is 1. The second-order valence-corrected chi connectivity index (χ2v) is 6.58. The normalized spacial score (nSPS) is 14.7. The van der Waals surface area contributed by atoms with E-state index in [9.17, 15) is 19.8 Å². The molecule has 0 fully saturated rings. The number of carbonyl (C=O) groups excluding carboxylic acids is 2. The molecule has 0 aromatic heterocycles. The second-order valence-electron chi connectivity index (χ2n) is 6.58. The maximum absolute atomic E-state index is 12.1. The zero-order chi connectivity index (χ0) is 19.9. The second kappa shape index (κ2) is 9.40. The third kappa shape index (κ3) is 6.53. The lowest BCUT2D eigenvalue weighted by atomic mass is 9.97. The number of nitrogens with one attached hydrogen (secondary N) is 1. The van der Waals surface area contributed by atoms with Crippen molar-refractivity contribution in [2.75, 3.05) is 13.7 Å². The first-order valence-electron chi connectivity index (χ1n) is 8.25. The van der Waals surface area contributed by atoms with E-state index in [2.05, 4.69) is 5.32 Å². The summed E-state index contributed by atoms with van der Waals surface area (Å²) in [6.07, 6.45) is -4.28. The molecule has 1 aromatic carbocycles. The fourth-order valence-electron chi connectivity index (χ4n) is 2.16. The number of carbonyl (C=O) groups is 2. The minimum atomic E-state index is -1.84. The van der Waals surface area contributed by atoms with E-state index >= 15 is 0 Å². The smallest absolute Gasteiger partial charge is 0.408 e. The van der Waals surface area contributed by atoms with Crippen molar-refractivity contribution in [3.63, 3.8) is 0 Å². The Balaban J connectivity index is 3.07. The van der Waals surface area contributed by atoms with Crippen LogP contribution in [0.4, 0.5) is 4.79 Å². The molecule has 0 unspecified atom stereocenters. The van der Waals surface area contributed by atoms with Gasteiger partial charge in [-0.25, -0.2) is 9.59 Å². The Morgan fingerprint density at radius 1 is 1.15 bits per heavy atom. The number of hydrogen-bond donors (Lipinski definition) is 3. The van der Waals surface area contributed by atoms with Gasteiger partial charge in [-0.3, -0.25) is 0 Å². The molecule has 0 aliphatic heterocycles. The summed E-state index contributed by atoms with van der Waals surface area (Å²) in [5, 5.41) is 23.0. The third-order valence-electron chi connectivity index (χ3n) is 3.34. The first-order chi connectivity index (χ1) is 12.1. The summed E-state index contributed by atoms with van der Waals surface area (Å²) in [4.78, 5) is 23.9. The largest absolute Gasteiger partial charge is 0.497 e. The van der Waals surface area contributed by atoms with Crippen molar-refractivity contribution < 1.29 is 34.0 Å². The quantitative estimate of drug-likeness (QED) is 0.625. The van der Waals surface area contributed by atoms with Crippen LogP contribution in [0, 0.1) is 0 Å². The summed E-state index contributed by atoms with van der Waals surface area (Å²) < 4.78 is 15.0. The zero-order valence-electron chi connectivity index (χ0n) is 15.7. The van der Waals surface area contributed by atoms with Gasteiger partial charge in [-0.15, -0.1) is 0 Å². The fourth-order valence-corrected chi connectivity index (χ4v) is 2.16. The lowest BCUT2D eigenvalue weighted by Gasteiger charge is -2.28. The monoisotopic (exact) mass is 369 g/mol. The SMILES string of the molecule is CCOC(=O)[C@H](O)[C@@H](O)[C@H](NC(=O)OC(C)(C)C)c1ccc(OC)cc1. The molecular weight excluding hydrogens is 342 g/mol. The highest BCUT2D eigenvalue weighted by Crippen LogP contribution is 2.23. The predicted octanol–water partition coefficient (Wildman–Crippen LogP) is 1.55. The number of ether oxygens (including phenoxy) is 3. The predicted molar refractivity (Wildman–Crippen MR) is 93.8 cm³/mol. The van der Waals surface area contributed by atoms with Crippen LogP contribution in [0.2, 0.25) is 0 Å². The first-order valence-corrected chi connectivity index (χ1v) is 8.25. The van der Waals surface area contributed by atoms with Gasteiger partial charge in [0.25, 0.3) is 0 Å². The van der Waals surface area contributed by atoms with Gasteiger partial charge in [0.1, 0.15) is 17.5 Å². The molecule has 3 N–H and O–H groups in total. The van der Waals surface area contributed by atoms with Crippen LogP contribution >= 0.6 is 0 Å². The van der Waals surface area contributed by atoms with Crippen LogP contribution in [0.5, 0.6) is 5.75 Å². The van der Waals surface area contributed by atoms with Crippen LogP contribution in [0.1, 0.15) is 39.3 Å². The van der Waals surface area contributed by atoms with Crippen molar-refractivity contribution >= 4 is 12.1 Å². The van der Waals surface area contributed by atoms with Gasteiger partial charge in [0.2, 0.25) is 0 Å². The number of benzene rings is 1. The van der Waals surface area contributed by atoms with Crippen molar-refractivity contribution in [3.05, 3.63) is 29.8 Å². The van der Waals surface area contributed by atoms with Crippen LogP contribution in [0.25, 0.3) is 0 Å². The highest BCUT2D eigenvalue weighted by atomic mass is 16.6. The summed E-state index contributed by atoms with van der Waals surface area (Å²) in [7, 11) is 1.50. The molecule has 8 nitrogen and oxygen atoms in total. The van der Waals surface area contributed by atoms with Crippen molar-refractivity contribution in [2.45, 2.75) is 51.5 Å². The number of aliphatic hydroxyl groups excluding tert-OH is 2. The summed E-state index contributed by atoms with van der Waals surface area (Å²) in [5.74, 6) is -0.408. The molecule has 0 aliphatic carbocycles. The first kappa shape index (κ1) is 21.7. The summed E-state index contributed by atoms with van der Waals surface area (Å²) in [5.41, 5.74) is -0.299. The van der Waals surface area contributed by atoms with Crippen LogP contribution < -0.4 is 10.1 Å². The molecule has 3 atom stereocenters. The number of aliphatic hydroxyl groups is 2. The highest BCUT2D eigenvalue weighted by Gasteiger charge is 2.35. The Morgan fingerprint density at radius 2 is 1.73 bits per heavy atom. The van der Waals surface area contributed by atoms with E-state index in [1.165, 1.54) is 7.11 Å². The molecule has 0 radical (unpaired) electrons. The molecule has 146 valence electrons. The van der Waals surface area contributed by atoms with Crippen molar-refractivity contribution in [3.8, 4) is 5.75 Å². The molecule has 26 heavy (non-hydrogen) atoms. The maximum atomic E-state index is 12.1. The standard InChI is InChI=1S/C18H27NO7/c1-6-25-16(22)15(21)14(20)13(19-17(23)26-18(2,3)4)11-7-9-12(24-5)10-8-11/h7-10,13-15,20-21H,6H2,1-5H3,(H,19,23)/t13-,14+,15-/m1/s1. The Labute approximate surface area is 153 Å². The van der Waals surface area contributed by atoms with E-state index in [0.29, 0.717) is 11.3 Å². The van der Waals surface area contributed by atoms with Crippen molar-refractivity contribution in [1.82, 2.24) is 5.32 Å². The van der Waals surface area contributed by atoms with Gasteiger partial charge < -0.3 is 29.7 Å². The molecule has 0 bridgehead atoms. The van der Waals surface area contributed by atoms with E-state index in [0.717, 1.165) is 0 Å². The highest BCUT2D eigenvalue weighted by molar-refractivity contribution is 5.75. The van der Waals surface area contributed by atoms with E-state index in [-0.39, 0.29) is 6.61 Å². The Kier molecular flexibility index (Phi) is 7.85. The summed E-state index contributed by atoms with van der Waals surface area (Å²) in [6, 6.07) is 5.35. The molecule has 0 heterocycles. The molecule has 8 heteroatoms. The molecule has 0 saturated carbocycles. The van der Waals surface area contributed by atoms with E-state index < -0.39 is 35.9 Å². The maximum Gasteiger partial charge on any atom is 0.408 e. The lowest BCUT2D eigenvalue weighted by molar-refractivity contribution is -0.160. The number of alkyl carbamates (subject to hydrolysis) is 1. The van der Waals surface area contributed by atoms with E-state index in [1.807, 2.05) is 0 Å². The van der Waals surface area contributed by atoms with E-state index in [1.54, 1.807) is 52.0 Å². The molecule has 1 rings (SSSR count).